The third kappa shape index (κ3) is 5.76. The lowest BCUT2D eigenvalue weighted by molar-refractivity contribution is -0.142. The zero-order valence-electron chi connectivity index (χ0n) is 14.2. The van der Waals surface area contributed by atoms with Gasteiger partial charge in [0.1, 0.15) is 6.07 Å². The summed E-state index contributed by atoms with van der Waals surface area (Å²) >= 11 is 5.88. The summed E-state index contributed by atoms with van der Waals surface area (Å²) in [5.41, 5.74) is 1.28. The lowest BCUT2D eigenvalue weighted by Crippen LogP contribution is -2.20. The van der Waals surface area contributed by atoms with Crippen LogP contribution in [0.5, 0.6) is 11.5 Å². The van der Waals surface area contributed by atoms with Gasteiger partial charge in [-0.3, -0.25) is 4.79 Å². The number of methoxy groups -OCH3 is 1. The first-order valence-electron chi connectivity index (χ1n) is 7.64. The molecular weight excluding hydrogens is 372 g/mol. The van der Waals surface area contributed by atoms with E-state index in [9.17, 15) is 14.7 Å². The van der Waals surface area contributed by atoms with Crippen molar-refractivity contribution in [3.8, 4) is 17.6 Å². The molecule has 7 nitrogen and oxygen atoms in total. The summed E-state index contributed by atoms with van der Waals surface area (Å²) in [7, 11) is 1.41. The van der Waals surface area contributed by atoms with Crippen LogP contribution < -0.4 is 10.1 Å². The topological polar surface area (TPSA) is 109 Å². The maximum absolute atomic E-state index is 11.8. The maximum atomic E-state index is 11.8. The second-order valence-electron chi connectivity index (χ2n) is 5.23. The number of halogens is 1. The third-order valence-corrected chi connectivity index (χ3v) is 3.65. The molecular formula is C19H15ClN2O5. The number of nitriles is 1. The number of hydrogen-bond acceptors (Lipinski definition) is 6. The SMILES string of the molecule is COc1cc(/C=C/C(=O)OCC(=O)Nc2ccc(C#N)c(Cl)c2)ccc1O. The van der Waals surface area contributed by atoms with Crippen LogP contribution in [0, 0.1) is 11.3 Å². The molecule has 0 fully saturated rings. The quantitative estimate of drug-likeness (QED) is 0.583. The summed E-state index contributed by atoms with van der Waals surface area (Å²) in [5.74, 6) is -1.01. The van der Waals surface area contributed by atoms with Crippen LogP contribution in [-0.4, -0.2) is 30.7 Å². The molecule has 0 saturated carbocycles. The van der Waals surface area contributed by atoms with Gasteiger partial charge in [-0.25, -0.2) is 4.79 Å². The Kier molecular flexibility index (Phi) is 6.80. The molecule has 0 spiro atoms. The predicted octanol–water partition coefficient (Wildman–Crippen LogP) is 3.12. The third-order valence-electron chi connectivity index (χ3n) is 3.33. The number of phenols is 1. The standard InChI is InChI=1S/C19H15ClN2O5/c1-26-17-8-12(2-6-16(17)23)3-7-19(25)27-11-18(24)22-14-5-4-13(10-21)15(20)9-14/h2-9,23H,11H2,1H3,(H,22,24)/b7-3+. The molecule has 0 bridgehead atoms. The fourth-order valence-corrected chi connectivity index (χ4v) is 2.25. The van der Waals surface area contributed by atoms with Crippen molar-refractivity contribution in [3.05, 3.63) is 58.6 Å². The monoisotopic (exact) mass is 386 g/mol. The van der Waals surface area contributed by atoms with Crippen molar-refractivity contribution in [1.82, 2.24) is 0 Å². The van der Waals surface area contributed by atoms with E-state index in [1.165, 1.54) is 37.5 Å². The van der Waals surface area contributed by atoms with Gasteiger partial charge in [-0.05, 0) is 42.0 Å². The minimum Gasteiger partial charge on any atom is -0.504 e. The Morgan fingerprint density at radius 3 is 2.74 bits per heavy atom. The number of anilines is 1. The first kappa shape index (κ1) is 19.8. The van der Waals surface area contributed by atoms with Gasteiger partial charge >= 0.3 is 5.97 Å². The average Bonchev–Trinajstić information content (AvgIpc) is 2.66. The van der Waals surface area contributed by atoms with Crippen molar-refractivity contribution >= 4 is 35.2 Å². The molecule has 0 radical (unpaired) electrons. The van der Waals surface area contributed by atoms with Crippen LogP contribution >= 0.6 is 11.6 Å². The molecule has 0 atom stereocenters. The highest BCUT2D eigenvalue weighted by atomic mass is 35.5. The van der Waals surface area contributed by atoms with Gasteiger partial charge in [0.2, 0.25) is 0 Å². The lowest BCUT2D eigenvalue weighted by atomic mass is 10.2. The summed E-state index contributed by atoms with van der Waals surface area (Å²) in [6.45, 7) is -0.486. The number of esters is 1. The number of benzene rings is 2. The second-order valence-corrected chi connectivity index (χ2v) is 5.63. The van der Waals surface area contributed by atoms with E-state index in [2.05, 4.69) is 5.32 Å². The van der Waals surface area contributed by atoms with Gasteiger partial charge < -0.3 is 19.9 Å². The van der Waals surface area contributed by atoms with Gasteiger partial charge in [-0.15, -0.1) is 0 Å². The molecule has 138 valence electrons. The summed E-state index contributed by atoms with van der Waals surface area (Å²) < 4.78 is 9.82. The van der Waals surface area contributed by atoms with E-state index in [4.69, 9.17) is 26.3 Å². The highest BCUT2D eigenvalue weighted by molar-refractivity contribution is 6.32. The van der Waals surface area contributed by atoms with Crippen LogP contribution in [0.3, 0.4) is 0 Å². The van der Waals surface area contributed by atoms with E-state index in [1.54, 1.807) is 12.1 Å². The molecule has 0 aliphatic carbocycles. The Morgan fingerprint density at radius 1 is 1.30 bits per heavy atom. The highest BCUT2D eigenvalue weighted by Gasteiger charge is 2.08. The first-order chi connectivity index (χ1) is 12.9. The van der Waals surface area contributed by atoms with Crippen LogP contribution in [0.4, 0.5) is 5.69 Å². The lowest BCUT2D eigenvalue weighted by Gasteiger charge is -2.06. The predicted molar refractivity (Wildman–Crippen MR) is 99.4 cm³/mol. The molecule has 0 aliphatic heterocycles. The van der Waals surface area contributed by atoms with Crippen molar-refractivity contribution in [2.24, 2.45) is 0 Å². The number of carbonyl (C=O) groups is 2. The first-order valence-corrected chi connectivity index (χ1v) is 8.02. The Labute approximate surface area is 160 Å². The van der Waals surface area contributed by atoms with Crippen molar-refractivity contribution in [3.63, 3.8) is 0 Å². The zero-order chi connectivity index (χ0) is 19.8. The molecule has 1 amide bonds. The summed E-state index contributed by atoms with van der Waals surface area (Å²) in [5, 5.41) is 21.0. The molecule has 8 heteroatoms. The van der Waals surface area contributed by atoms with E-state index in [1.807, 2.05) is 6.07 Å². The minimum absolute atomic E-state index is 0.0168. The van der Waals surface area contributed by atoms with Gasteiger partial charge in [0.05, 0.1) is 17.7 Å². The largest absolute Gasteiger partial charge is 0.504 e. The average molecular weight is 387 g/mol. The van der Waals surface area contributed by atoms with Crippen LogP contribution in [-0.2, 0) is 14.3 Å². The Bertz CT molecular complexity index is 934. The summed E-state index contributed by atoms with van der Waals surface area (Å²) in [6, 6.07) is 10.9. The molecule has 2 aromatic rings. The van der Waals surface area contributed by atoms with Crippen LogP contribution in [0.25, 0.3) is 6.08 Å². The molecule has 2 N–H and O–H groups in total. The van der Waals surface area contributed by atoms with Crippen LogP contribution in [0.15, 0.2) is 42.5 Å². The normalized spacial score (nSPS) is 10.3. The molecule has 0 heterocycles. The van der Waals surface area contributed by atoms with Gasteiger partial charge in [-0.1, -0.05) is 17.7 Å². The fraction of sp³-hybridized carbons (Fsp3) is 0.105. The van der Waals surface area contributed by atoms with Crippen molar-refractivity contribution < 1.29 is 24.2 Å². The molecule has 0 aromatic heterocycles. The van der Waals surface area contributed by atoms with Crippen molar-refractivity contribution in [1.29, 1.82) is 5.26 Å². The molecule has 2 rings (SSSR count). The molecule has 0 unspecified atom stereocenters. The number of hydrogen-bond donors (Lipinski definition) is 2. The molecule has 2 aromatic carbocycles. The van der Waals surface area contributed by atoms with Gasteiger partial charge in [0, 0.05) is 11.8 Å². The Hall–Kier alpha value is -3.50. The van der Waals surface area contributed by atoms with E-state index in [0.717, 1.165) is 6.08 Å². The number of carbonyl (C=O) groups excluding carboxylic acids is 2. The van der Waals surface area contributed by atoms with Crippen molar-refractivity contribution in [2.75, 3.05) is 19.0 Å². The number of rotatable bonds is 6. The fourth-order valence-electron chi connectivity index (χ4n) is 2.03. The summed E-state index contributed by atoms with van der Waals surface area (Å²) in [6.07, 6.45) is 2.61. The number of nitrogens with one attached hydrogen (secondary N) is 1. The van der Waals surface area contributed by atoms with E-state index in [0.29, 0.717) is 11.3 Å². The van der Waals surface area contributed by atoms with Gasteiger partial charge in [-0.2, -0.15) is 5.26 Å². The molecule has 0 saturated heterocycles. The highest BCUT2D eigenvalue weighted by Crippen LogP contribution is 2.26. The number of nitrogens with zero attached hydrogens (tertiary/aromatic N) is 1. The zero-order valence-corrected chi connectivity index (χ0v) is 15.0. The summed E-state index contributed by atoms with van der Waals surface area (Å²) in [4.78, 5) is 23.5. The number of aromatic hydroxyl groups is 1. The van der Waals surface area contributed by atoms with E-state index >= 15 is 0 Å². The van der Waals surface area contributed by atoms with E-state index in [-0.39, 0.29) is 22.1 Å². The number of phenolic OH excluding ortho intramolecular Hbond substituents is 1. The van der Waals surface area contributed by atoms with Crippen LogP contribution in [0.2, 0.25) is 5.02 Å². The molecule has 0 aliphatic rings. The molecule has 27 heavy (non-hydrogen) atoms. The number of ether oxygens (including phenoxy) is 2. The maximum Gasteiger partial charge on any atom is 0.331 e. The van der Waals surface area contributed by atoms with Crippen molar-refractivity contribution in [2.45, 2.75) is 0 Å². The second kappa shape index (κ2) is 9.27. The minimum atomic E-state index is -0.713. The Balaban J connectivity index is 1.87. The van der Waals surface area contributed by atoms with Gasteiger partial charge in [0.25, 0.3) is 5.91 Å². The Morgan fingerprint density at radius 2 is 2.07 bits per heavy atom. The number of amides is 1. The van der Waals surface area contributed by atoms with Gasteiger partial charge in [0.15, 0.2) is 18.1 Å². The van der Waals surface area contributed by atoms with Crippen LogP contribution in [0.1, 0.15) is 11.1 Å². The smallest absolute Gasteiger partial charge is 0.331 e. The van der Waals surface area contributed by atoms with E-state index < -0.39 is 18.5 Å².